The number of carbonyl (C=O) groups is 1. The highest BCUT2D eigenvalue weighted by Gasteiger charge is 2.12. The van der Waals surface area contributed by atoms with E-state index >= 15 is 0 Å². The van der Waals surface area contributed by atoms with Gasteiger partial charge in [0.1, 0.15) is 0 Å². The number of carbonyl (C=O) groups excluding carboxylic acids is 1. The Kier molecular flexibility index (Phi) is 3.74. The Bertz CT molecular complexity index is 1020. The molecule has 3 aromatic heterocycles. The smallest absolute Gasteiger partial charge is 0.276 e. The highest BCUT2D eigenvalue weighted by atomic mass is 16.2. The first-order valence-electron chi connectivity index (χ1n) is 7.88. The molecule has 0 saturated carbocycles. The van der Waals surface area contributed by atoms with E-state index in [2.05, 4.69) is 39.6 Å². The summed E-state index contributed by atoms with van der Waals surface area (Å²) in [5, 5.41) is 11.3. The normalized spacial score (nSPS) is 10.9. The molecule has 0 unspecified atom stereocenters. The van der Waals surface area contributed by atoms with Crippen LogP contribution in [-0.2, 0) is 6.54 Å². The van der Waals surface area contributed by atoms with Gasteiger partial charge in [-0.05, 0) is 24.1 Å². The van der Waals surface area contributed by atoms with Crippen LogP contribution in [0.25, 0.3) is 5.65 Å². The maximum atomic E-state index is 12.4. The van der Waals surface area contributed by atoms with E-state index in [0.29, 0.717) is 23.6 Å². The van der Waals surface area contributed by atoms with Gasteiger partial charge in [0.05, 0.1) is 18.4 Å². The van der Waals surface area contributed by atoms with Crippen molar-refractivity contribution in [1.82, 2.24) is 24.4 Å². The number of hydrogen-bond acceptors (Lipinski definition) is 4. The second kappa shape index (κ2) is 6.20. The van der Waals surface area contributed by atoms with Crippen LogP contribution in [0.4, 0.5) is 5.69 Å². The van der Waals surface area contributed by atoms with Crippen molar-refractivity contribution < 1.29 is 4.79 Å². The summed E-state index contributed by atoms with van der Waals surface area (Å²) in [7, 11) is 0. The predicted octanol–water partition coefficient (Wildman–Crippen LogP) is 2.53. The van der Waals surface area contributed by atoms with Gasteiger partial charge in [0.15, 0.2) is 11.3 Å². The SMILES string of the molecule is Cc1ccccc1Cn1cc(NC(=O)c2cc3ncccn3n2)cn1. The number of aromatic nitrogens is 5. The van der Waals surface area contributed by atoms with Gasteiger partial charge in [-0.15, -0.1) is 0 Å². The molecular weight excluding hydrogens is 316 g/mol. The molecule has 3 heterocycles. The lowest BCUT2D eigenvalue weighted by Crippen LogP contribution is -2.12. The Hall–Kier alpha value is -3.48. The second-order valence-corrected chi connectivity index (χ2v) is 5.76. The number of fused-ring (bicyclic) bond motifs is 1. The van der Waals surface area contributed by atoms with Crippen LogP contribution in [0, 0.1) is 6.92 Å². The molecule has 0 fully saturated rings. The van der Waals surface area contributed by atoms with Crippen molar-refractivity contribution in [2.75, 3.05) is 5.32 Å². The average Bonchev–Trinajstić information content (AvgIpc) is 3.23. The molecule has 1 aromatic carbocycles. The third kappa shape index (κ3) is 3.12. The molecule has 1 N–H and O–H groups in total. The summed E-state index contributed by atoms with van der Waals surface area (Å²) in [5.74, 6) is -0.291. The molecule has 7 heteroatoms. The first-order valence-corrected chi connectivity index (χ1v) is 7.88. The second-order valence-electron chi connectivity index (χ2n) is 5.76. The molecule has 7 nitrogen and oxygen atoms in total. The van der Waals surface area contributed by atoms with Crippen molar-refractivity contribution in [2.45, 2.75) is 13.5 Å². The minimum atomic E-state index is -0.291. The molecule has 4 aromatic rings. The van der Waals surface area contributed by atoms with Crippen molar-refractivity contribution in [3.05, 3.63) is 78.0 Å². The third-order valence-electron chi connectivity index (χ3n) is 3.95. The van der Waals surface area contributed by atoms with Crippen LogP contribution in [0.15, 0.2) is 61.2 Å². The zero-order chi connectivity index (χ0) is 17.2. The van der Waals surface area contributed by atoms with Crippen LogP contribution in [-0.4, -0.2) is 30.3 Å². The van der Waals surface area contributed by atoms with Gasteiger partial charge in [0, 0.05) is 24.7 Å². The van der Waals surface area contributed by atoms with Gasteiger partial charge in [-0.25, -0.2) is 9.50 Å². The van der Waals surface area contributed by atoms with Gasteiger partial charge in [-0.2, -0.15) is 10.2 Å². The maximum Gasteiger partial charge on any atom is 0.276 e. The number of nitrogens with zero attached hydrogens (tertiary/aromatic N) is 5. The van der Waals surface area contributed by atoms with Gasteiger partial charge in [0.2, 0.25) is 0 Å². The van der Waals surface area contributed by atoms with Crippen molar-refractivity contribution in [1.29, 1.82) is 0 Å². The third-order valence-corrected chi connectivity index (χ3v) is 3.95. The van der Waals surface area contributed by atoms with Crippen molar-refractivity contribution in [3.63, 3.8) is 0 Å². The topological polar surface area (TPSA) is 77.1 Å². The zero-order valence-electron chi connectivity index (χ0n) is 13.6. The number of amides is 1. The molecule has 0 aliphatic carbocycles. The van der Waals surface area contributed by atoms with E-state index in [1.54, 1.807) is 46.1 Å². The van der Waals surface area contributed by atoms with Crippen molar-refractivity contribution in [3.8, 4) is 0 Å². The molecule has 0 radical (unpaired) electrons. The lowest BCUT2D eigenvalue weighted by molar-refractivity contribution is 0.102. The number of anilines is 1. The van der Waals surface area contributed by atoms with Crippen LogP contribution in [0.3, 0.4) is 0 Å². The lowest BCUT2D eigenvalue weighted by atomic mass is 10.1. The van der Waals surface area contributed by atoms with Gasteiger partial charge in [-0.1, -0.05) is 24.3 Å². The van der Waals surface area contributed by atoms with Crippen LogP contribution >= 0.6 is 0 Å². The summed E-state index contributed by atoms with van der Waals surface area (Å²) in [6.07, 6.45) is 6.84. The highest BCUT2D eigenvalue weighted by molar-refractivity contribution is 6.03. The Morgan fingerprint density at radius 3 is 2.96 bits per heavy atom. The molecule has 0 aliphatic heterocycles. The number of hydrogen-bond donors (Lipinski definition) is 1. The summed E-state index contributed by atoms with van der Waals surface area (Å²) in [5.41, 5.74) is 3.97. The Morgan fingerprint density at radius 2 is 2.12 bits per heavy atom. The van der Waals surface area contributed by atoms with Gasteiger partial charge < -0.3 is 5.32 Å². The van der Waals surface area contributed by atoms with Crippen LogP contribution in [0.2, 0.25) is 0 Å². The van der Waals surface area contributed by atoms with Crippen LogP contribution in [0.5, 0.6) is 0 Å². The number of rotatable bonds is 4. The van der Waals surface area contributed by atoms with Crippen molar-refractivity contribution in [2.24, 2.45) is 0 Å². The molecule has 25 heavy (non-hydrogen) atoms. The molecule has 0 spiro atoms. The number of aryl methyl sites for hydroxylation is 1. The van der Waals surface area contributed by atoms with Crippen molar-refractivity contribution >= 4 is 17.2 Å². The molecule has 0 saturated heterocycles. The fourth-order valence-electron chi connectivity index (χ4n) is 2.61. The highest BCUT2D eigenvalue weighted by Crippen LogP contribution is 2.12. The number of benzene rings is 1. The Balaban J connectivity index is 1.49. The quantitative estimate of drug-likeness (QED) is 0.623. The minimum Gasteiger partial charge on any atom is -0.318 e. The molecule has 1 amide bonds. The van der Waals surface area contributed by atoms with Gasteiger partial charge >= 0.3 is 0 Å². The molecule has 0 aliphatic rings. The first kappa shape index (κ1) is 15.1. The molecule has 0 atom stereocenters. The maximum absolute atomic E-state index is 12.4. The summed E-state index contributed by atoms with van der Waals surface area (Å²) < 4.78 is 3.36. The van der Waals surface area contributed by atoms with E-state index in [-0.39, 0.29) is 5.91 Å². The summed E-state index contributed by atoms with van der Waals surface area (Å²) in [6.45, 7) is 2.72. The van der Waals surface area contributed by atoms with Crippen LogP contribution in [0.1, 0.15) is 21.6 Å². The van der Waals surface area contributed by atoms with E-state index < -0.39 is 0 Å². The van der Waals surface area contributed by atoms with Gasteiger partial charge in [0.25, 0.3) is 5.91 Å². The van der Waals surface area contributed by atoms with Gasteiger partial charge in [-0.3, -0.25) is 9.48 Å². The standard InChI is InChI=1S/C18H16N6O/c1-13-5-2-3-6-14(13)11-23-12-15(10-20-23)21-18(25)16-9-17-19-7-4-8-24(17)22-16/h2-10,12H,11H2,1H3,(H,21,25). The monoisotopic (exact) mass is 332 g/mol. The number of nitrogens with one attached hydrogen (secondary N) is 1. The molecule has 124 valence electrons. The summed E-state index contributed by atoms with van der Waals surface area (Å²) >= 11 is 0. The lowest BCUT2D eigenvalue weighted by Gasteiger charge is -2.05. The molecular formula is C18H16N6O. The summed E-state index contributed by atoms with van der Waals surface area (Å²) in [4.78, 5) is 16.5. The molecule has 4 rings (SSSR count). The predicted molar refractivity (Wildman–Crippen MR) is 93.4 cm³/mol. The minimum absolute atomic E-state index is 0.291. The largest absolute Gasteiger partial charge is 0.318 e. The van der Waals surface area contributed by atoms with E-state index in [1.165, 1.54) is 11.1 Å². The Morgan fingerprint density at radius 1 is 1.24 bits per heavy atom. The summed E-state index contributed by atoms with van der Waals surface area (Å²) in [6, 6.07) is 11.6. The fraction of sp³-hybridized carbons (Fsp3) is 0.111. The van der Waals surface area contributed by atoms with E-state index in [1.807, 2.05) is 12.1 Å². The first-order chi connectivity index (χ1) is 12.2. The zero-order valence-corrected chi connectivity index (χ0v) is 13.6. The van der Waals surface area contributed by atoms with E-state index in [9.17, 15) is 4.79 Å². The molecule has 0 bridgehead atoms. The fourth-order valence-corrected chi connectivity index (χ4v) is 2.61. The van der Waals surface area contributed by atoms with E-state index in [0.717, 1.165) is 0 Å². The Labute approximate surface area is 143 Å². The average molecular weight is 332 g/mol. The van der Waals surface area contributed by atoms with E-state index in [4.69, 9.17) is 0 Å². The van der Waals surface area contributed by atoms with Crippen LogP contribution < -0.4 is 5.32 Å².